The first kappa shape index (κ1) is 7.22. The Labute approximate surface area is 71.3 Å². The topological polar surface area (TPSA) is 25.8 Å². The van der Waals surface area contributed by atoms with Crippen LogP contribution >= 0.6 is 0 Å². The third kappa shape index (κ3) is 1.16. The third-order valence-corrected chi connectivity index (χ3v) is 1.86. The Morgan fingerprint density at radius 1 is 1.00 bits per heavy atom. The fraction of sp³-hybridized carbons (Fsp3) is 0.200. The summed E-state index contributed by atoms with van der Waals surface area (Å²) in [5.74, 6) is 0. The van der Waals surface area contributed by atoms with Gasteiger partial charge in [-0.1, -0.05) is 11.6 Å². The van der Waals surface area contributed by atoms with Gasteiger partial charge in [0.1, 0.15) is 0 Å². The molecule has 0 atom stereocenters. The van der Waals surface area contributed by atoms with Crippen LogP contribution in [-0.4, -0.2) is 10.2 Å². The summed E-state index contributed by atoms with van der Waals surface area (Å²) in [7, 11) is 0. The summed E-state index contributed by atoms with van der Waals surface area (Å²) in [5.41, 5.74) is 3.19. The molecule has 0 saturated heterocycles. The van der Waals surface area contributed by atoms with Crippen LogP contribution in [-0.2, 0) is 0 Å². The van der Waals surface area contributed by atoms with Crippen molar-refractivity contribution < 1.29 is 0 Å². The molecule has 1 aromatic carbocycles. The van der Waals surface area contributed by atoms with E-state index >= 15 is 0 Å². The summed E-state index contributed by atoms with van der Waals surface area (Å²) in [6.45, 7) is 4.03. The predicted octanol–water partition coefficient (Wildman–Crippen LogP) is 2.25. The summed E-state index contributed by atoms with van der Waals surface area (Å²) in [6, 6.07) is 8.22. The molecular weight excluding hydrogens is 148 g/mol. The Morgan fingerprint density at radius 3 is 2.67 bits per heavy atom. The third-order valence-electron chi connectivity index (χ3n) is 1.86. The molecule has 1 aromatic heterocycles. The number of nitrogens with zero attached hydrogens (tertiary/aromatic N) is 2. The molecule has 1 heterocycles. The molecule has 0 N–H and O–H groups in total. The fourth-order valence-corrected chi connectivity index (χ4v) is 1.27. The molecule has 0 aliphatic carbocycles. The molecule has 2 nitrogen and oxygen atoms in total. The highest BCUT2D eigenvalue weighted by Gasteiger charge is 1.95. The van der Waals surface area contributed by atoms with Gasteiger partial charge in [0.25, 0.3) is 0 Å². The van der Waals surface area contributed by atoms with Gasteiger partial charge in [-0.15, -0.1) is 0 Å². The van der Waals surface area contributed by atoms with Crippen molar-refractivity contribution in [2.24, 2.45) is 0 Å². The van der Waals surface area contributed by atoms with Gasteiger partial charge in [0, 0.05) is 5.39 Å². The van der Waals surface area contributed by atoms with Crippen LogP contribution in [0.2, 0.25) is 0 Å². The van der Waals surface area contributed by atoms with Crippen molar-refractivity contribution in [1.29, 1.82) is 0 Å². The first-order valence-corrected chi connectivity index (χ1v) is 3.96. The van der Waals surface area contributed by atoms with Crippen molar-refractivity contribution in [2.45, 2.75) is 13.8 Å². The van der Waals surface area contributed by atoms with E-state index in [-0.39, 0.29) is 0 Å². The fourth-order valence-electron chi connectivity index (χ4n) is 1.27. The molecule has 0 aliphatic heterocycles. The number of fused-ring (bicyclic) bond motifs is 1. The molecule has 2 heteroatoms. The van der Waals surface area contributed by atoms with Crippen molar-refractivity contribution in [1.82, 2.24) is 10.2 Å². The highest BCUT2D eigenvalue weighted by molar-refractivity contribution is 5.78. The van der Waals surface area contributed by atoms with Gasteiger partial charge in [0.15, 0.2) is 0 Å². The van der Waals surface area contributed by atoms with E-state index in [0.29, 0.717) is 0 Å². The lowest BCUT2D eigenvalue weighted by Gasteiger charge is -1.97. The minimum atomic E-state index is 0.964. The van der Waals surface area contributed by atoms with Crippen molar-refractivity contribution in [3.63, 3.8) is 0 Å². The van der Waals surface area contributed by atoms with E-state index in [2.05, 4.69) is 29.3 Å². The maximum Gasteiger partial charge on any atom is 0.0930 e. The molecule has 0 radical (unpaired) electrons. The molecule has 12 heavy (non-hydrogen) atoms. The quantitative estimate of drug-likeness (QED) is 0.587. The van der Waals surface area contributed by atoms with Crippen LogP contribution in [0, 0.1) is 13.8 Å². The second-order valence-corrected chi connectivity index (χ2v) is 3.05. The van der Waals surface area contributed by atoms with E-state index in [9.17, 15) is 0 Å². The maximum atomic E-state index is 4.07. The van der Waals surface area contributed by atoms with Gasteiger partial charge in [-0.05, 0) is 32.0 Å². The highest BCUT2D eigenvalue weighted by Crippen LogP contribution is 2.12. The number of rotatable bonds is 0. The SMILES string of the molecule is Cc1ccc2nnc(C)cc2c1. The van der Waals surface area contributed by atoms with E-state index in [1.165, 1.54) is 10.9 Å². The van der Waals surface area contributed by atoms with Gasteiger partial charge >= 0.3 is 0 Å². The Morgan fingerprint density at radius 2 is 1.83 bits per heavy atom. The smallest absolute Gasteiger partial charge is 0.0930 e. The van der Waals surface area contributed by atoms with Crippen LogP contribution in [0.1, 0.15) is 11.3 Å². The van der Waals surface area contributed by atoms with Crippen molar-refractivity contribution in [3.05, 3.63) is 35.5 Å². The van der Waals surface area contributed by atoms with Crippen LogP contribution in [0.15, 0.2) is 24.3 Å². The van der Waals surface area contributed by atoms with Gasteiger partial charge < -0.3 is 0 Å². The lowest BCUT2D eigenvalue weighted by molar-refractivity contribution is 1.02. The van der Waals surface area contributed by atoms with Gasteiger partial charge in [0.2, 0.25) is 0 Å². The lowest BCUT2D eigenvalue weighted by Crippen LogP contribution is -1.87. The first-order chi connectivity index (χ1) is 5.75. The largest absolute Gasteiger partial charge is 0.155 e. The zero-order valence-corrected chi connectivity index (χ0v) is 7.20. The van der Waals surface area contributed by atoms with Crippen LogP contribution in [0.3, 0.4) is 0 Å². The Balaban J connectivity index is 2.80. The van der Waals surface area contributed by atoms with Gasteiger partial charge in [-0.2, -0.15) is 10.2 Å². The summed E-state index contributed by atoms with van der Waals surface area (Å²) in [6.07, 6.45) is 0. The molecule has 2 rings (SSSR count). The minimum Gasteiger partial charge on any atom is -0.155 e. The van der Waals surface area contributed by atoms with E-state index in [4.69, 9.17) is 0 Å². The number of aromatic nitrogens is 2. The summed E-state index contributed by atoms with van der Waals surface area (Å²) >= 11 is 0. The van der Waals surface area contributed by atoms with Crippen molar-refractivity contribution >= 4 is 10.9 Å². The molecule has 0 unspecified atom stereocenters. The lowest BCUT2D eigenvalue weighted by atomic mass is 10.1. The highest BCUT2D eigenvalue weighted by atomic mass is 15.1. The van der Waals surface area contributed by atoms with Gasteiger partial charge in [0.05, 0.1) is 11.2 Å². The Bertz CT molecular complexity index is 384. The van der Waals surface area contributed by atoms with Crippen molar-refractivity contribution in [2.75, 3.05) is 0 Å². The second-order valence-electron chi connectivity index (χ2n) is 3.05. The Hall–Kier alpha value is -1.44. The van der Waals surface area contributed by atoms with E-state index < -0.39 is 0 Å². The Kier molecular flexibility index (Phi) is 1.54. The van der Waals surface area contributed by atoms with E-state index in [1.807, 2.05) is 19.1 Å². The van der Waals surface area contributed by atoms with Crippen LogP contribution in [0.25, 0.3) is 10.9 Å². The van der Waals surface area contributed by atoms with Crippen LogP contribution < -0.4 is 0 Å². The summed E-state index contributed by atoms with van der Waals surface area (Å²) < 4.78 is 0. The van der Waals surface area contributed by atoms with Crippen LogP contribution in [0.5, 0.6) is 0 Å². The maximum absolute atomic E-state index is 4.07. The molecule has 0 saturated carbocycles. The zero-order valence-electron chi connectivity index (χ0n) is 7.20. The van der Waals surface area contributed by atoms with Gasteiger partial charge in [-0.25, -0.2) is 0 Å². The molecule has 60 valence electrons. The number of benzene rings is 1. The molecule has 0 amide bonds. The number of hydrogen-bond acceptors (Lipinski definition) is 2. The summed E-state index contributed by atoms with van der Waals surface area (Å²) in [5, 5.41) is 9.23. The predicted molar refractivity (Wildman–Crippen MR) is 49.0 cm³/mol. The average molecular weight is 158 g/mol. The standard InChI is InChI=1S/C10H10N2/c1-7-3-4-10-9(5-7)6-8(2)11-12-10/h3-6H,1-2H3. The average Bonchev–Trinajstić information content (AvgIpc) is 2.03. The normalized spacial score (nSPS) is 10.5. The second kappa shape index (κ2) is 2.55. The molecule has 0 aliphatic rings. The van der Waals surface area contributed by atoms with E-state index in [0.717, 1.165) is 11.2 Å². The first-order valence-electron chi connectivity index (χ1n) is 3.96. The van der Waals surface area contributed by atoms with Crippen LogP contribution in [0.4, 0.5) is 0 Å². The van der Waals surface area contributed by atoms with Gasteiger partial charge in [-0.3, -0.25) is 0 Å². The van der Waals surface area contributed by atoms with E-state index in [1.54, 1.807) is 0 Å². The monoisotopic (exact) mass is 158 g/mol. The molecular formula is C10H10N2. The number of hydrogen-bond donors (Lipinski definition) is 0. The summed E-state index contributed by atoms with van der Waals surface area (Å²) in [4.78, 5) is 0. The minimum absolute atomic E-state index is 0.964. The zero-order chi connectivity index (χ0) is 8.55. The number of aryl methyl sites for hydroxylation is 2. The molecule has 0 spiro atoms. The molecule has 2 aromatic rings. The molecule has 0 bridgehead atoms. The molecule has 0 fully saturated rings. The van der Waals surface area contributed by atoms with Crippen molar-refractivity contribution in [3.8, 4) is 0 Å².